The van der Waals surface area contributed by atoms with Crippen LogP contribution < -0.4 is 0 Å². The second-order valence-electron chi connectivity index (χ2n) is 3.97. The van der Waals surface area contributed by atoms with E-state index in [0.717, 1.165) is 4.47 Å². The molecule has 1 aliphatic rings. The van der Waals surface area contributed by atoms with Crippen molar-refractivity contribution in [2.75, 3.05) is 0 Å². The Hall–Kier alpha value is -0.670. The summed E-state index contributed by atoms with van der Waals surface area (Å²) in [6.07, 6.45) is -0.260. The van der Waals surface area contributed by atoms with Crippen molar-refractivity contribution in [3.05, 3.63) is 34.3 Å². The van der Waals surface area contributed by atoms with Gasteiger partial charge in [0.25, 0.3) is 0 Å². The average molecular weight is 255 g/mol. The van der Waals surface area contributed by atoms with Gasteiger partial charge in [-0.1, -0.05) is 28.1 Å². The van der Waals surface area contributed by atoms with E-state index in [1.54, 1.807) is 0 Å². The molecule has 2 rings (SSSR count). The molecular weight excluding hydrogens is 244 g/mol. The molecule has 1 aromatic rings. The van der Waals surface area contributed by atoms with Crippen LogP contribution in [0.4, 0.5) is 0 Å². The molecule has 0 amide bonds. The molecule has 1 saturated heterocycles. The molecule has 74 valence electrons. The summed E-state index contributed by atoms with van der Waals surface area (Å²) in [7, 11) is 0. The first-order chi connectivity index (χ1) is 6.50. The molecule has 14 heavy (non-hydrogen) atoms. The molecule has 0 N–H and O–H groups in total. The summed E-state index contributed by atoms with van der Waals surface area (Å²) in [6.45, 7) is 3.85. The van der Waals surface area contributed by atoms with E-state index < -0.39 is 0 Å². The SMILES string of the molecule is CC1(C)OC1C(=O)c1ccc(Br)cc1. The molecule has 1 unspecified atom stereocenters. The molecule has 2 nitrogen and oxygen atoms in total. The van der Waals surface area contributed by atoms with E-state index in [0.29, 0.717) is 5.56 Å². The van der Waals surface area contributed by atoms with Gasteiger partial charge < -0.3 is 4.74 Å². The van der Waals surface area contributed by atoms with E-state index in [1.807, 2.05) is 38.1 Å². The van der Waals surface area contributed by atoms with Crippen LogP contribution in [0, 0.1) is 0 Å². The van der Waals surface area contributed by atoms with Gasteiger partial charge >= 0.3 is 0 Å². The number of Topliss-reactive ketones (excluding diaryl/α,β-unsaturated/α-hetero) is 1. The topological polar surface area (TPSA) is 29.6 Å². The van der Waals surface area contributed by atoms with Crippen molar-refractivity contribution in [3.8, 4) is 0 Å². The maximum Gasteiger partial charge on any atom is 0.194 e. The molecular formula is C11H11BrO2. The number of ether oxygens (including phenoxy) is 1. The molecule has 0 spiro atoms. The Bertz CT molecular complexity index is 367. The first-order valence-corrected chi connectivity index (χ1v) is 5.27. The third-order valence-corrected chi connectivity index (χ3v) is 2.89. The highest BCUT2D eigenvalue weighted by Crippen LogP contribution is 2.37. The smallest absolute Gasteiger partial charge is 0.194 e. The lowest BCUT2D eigenvalue weighted by atomic mass is 10.0. The van der Waals surface area contributed by atoms with Gasteiger partial charge in [-0.15, -0.1) is 0 Å². The maximum absolute atomic E-state index is 11.8. The molecule has 0 radical (unpaired) electrons. The molecule has 1 aromatic carbocycles. The van der Waals surface area contributed by atoms with Gasteiger partial charge in [0.2, 0.25) is 0 Å². The molecule has 0 aromatic heterocycles. The number of carbonyl (C=O) groups is 1. The third kappa shape index (κ3) is 1.74. The predicted molar refractivity (Wildman–Crippen MR) is 57.4 cm³/mol. The highest BCUT2D eigenvalue weighted by molar-refractivity contribution is 9.10. The highest BCUT2D eigenvalue weighted by atomic mass is 79.9. The summed E-state index contributed by atoms with van der Waals surface area (Å²) in [5, 5.41) is 0. The lowest BCUT2D eigenvalue weighted by molar-refractivity contribution is 0.0953. The Balaban J connectivity index is 2.17. The fraction of sp³-hybridized carbons (Fsp3) is 0.364. The van der Waals surface area contributed by atoms with Crippen LogP contribution in [-0.2, 0) is 4.74 Å². The molecule has 0 aliphatic carbocycles. The van der Waals surface area contributed by atoms with E-state index in [4.69, 9.17) is 4.74 Å². The summed E-state index contributed by atoms with van der Waals surface area (Å²) >= 11 is 3.33. The van der Waals surface area contributed by atoms with Gasteiger partial charge in [-0.25, -0.2) is 0 Å². The fourth-order valence-electron chi connectivity index (χ4n) is 1.40. The minimum Gasteiger partial charge on any atom is -0.358 e. The molecule has 1 fully saturated rings. The number of ketones is 1. The number of benzene rings is 1. The quantitative estimate of drug-likeness (QED) is 0.600. The van der Waals surface area contributed by atoms with Gasteiger partial charge in [0.05, 0.1) is 5.60 Å². The van der Waals surface area contributed by atoms with Gasteiger partial charge in [-0.2, -0.15) is 0 Å². The van der Waals surface area contributed by atoms with Crippen LogP contribution in [0.15, 0.2) is 28.7 Å². The number of carbonyl (C=O) groups excluding carboxylic acids is 1. The van der Waals surface area contributed by atoms with Crippen LogP contribution in [0.2, 0.25) is 0 Å². The summed E-state index contributed by atoms with van der Waals surface area (Å²) in [5.74, 6) is 0.0718. The monoisotopic (exact) mass is 254 g/mol. The summed E-state index contributed by atoms with van der Waals surface area (Å²) in [4.78, 5) is 11.8. The van der Waals surface area contributed by atoms with Crippen LogP contribution in [0.25, 0.3) is 0 Å². The number of halogens is 1. The van der Waals surface area contributed by atoms with Crippen molar-refractivity contribution in [1.82, 2.24) is 0 Å². The van der Waals surface area contributed by atoms with E-state index in [-0.39, 0.29) is 17.5 Å². The Labute approximate surface area is 91.4 Å². The molecule has 1 atom stereocenters. The van der Waals surface area contributed by atoms with Crippen LogP contribution in [-0.4, -0.2) is 17.5 Å². The molecule has 3 heteroatoms. The van der Waals surface area contributed by atoms with Crippen molar-refractivity contribution in [3.63, 3.8) is 0 Å². The van der Waals surface area contributed by atoms with Gasteiger partial charge in [-0.05, 0) is 26.0 Å². The molecule has 1 heterocycles. The number of hydrogen-bond donors (Lipinski definition) is 0. The number of epoxide rings is 1. The van der Waals surface area contributed by atoms with Crippen LogP contribution in [0.5, 0.6) is 0 Å². The largest absolute Gasteiger partial charge is 0.358 e. The number of rotatable bonds is 2. The Morgan fingerprint density at radius 2 is 1.86 bits per heavy atom. The highest BCUT2D eigenvalue weighted by Gasteiger charge is 2.52. The summed E-state index contributed by atoms with van der Waals surface area (Å²) in [5.41, 5.74) is 0.438. The van der Waals surface area contributed by atoms with E-state index in [9.17, 15) is 4.79 Å². The molecule has 0 bridgehead atoms. The van der Waals surface area contributed by atoms with Gasteiger partial charge in [0, 0.05) is 10.0 Å². The van der Waals surface area contributed by atoms with Crippen molar-refractivity contribution in [2.45, 2.75) is 25.6 Å². The van der Waals surface area contributed by atoms with Crippen molar-refractivity contribution in [2.24, 2.45) is 0 Å². The minimum absolute atomic E-state index is 0.0718. The van der Waals surface area contributed by atoms with Gasteiger partial charge in [0.1, 0.15) is 6.10 Å². The molecule has 1 aliphatic heterocycles. The zero-order valence-electron chi connectivity index (χ0n) is 8.08. The molecule has 0 saturated carbocycles. The van der Waals surface area contributed by atoms with E-state index >= 15 is 0 Å². The van der Waals surface area contributed by atoms with Gasteiger partial charge in [-0.3, -0.25) is 4.79 Å². The third-order valence-electron chi connectivity index (χ3n) is 2.36. The van der Waals surface area contributed by atoms with Crippen molar-refractivity contribution >= 4 is 21.7 Å². The summed E-state index contributed by atoms with van der Waals surface area (Å²) < 4.78 is 6.27. The van der Waals surface area contributed by atoms with Crippen molar-refractivity contribution in [1.29, 1.82) is 0 Å². The summed E-state index contributed by atoms with van der Waals surface area (Å²) in [6, 6.07) is 7.35. The standard InChI is InChI=1S/C11H11BrO2/c1-11(2)10(14-11)9(13)7-3-5-8(12)6-4-7/h3-6,10H,1-2H3. The first kappa shape index (κ1) is 9.87. The minimum atomic E-state index is -0.274. The van der Waals surface area contributed by atoms with E-state index in [2.05, 4.69) is 15.9 Å². The number of hydrogen-bond acceptors (Lipinski definition) is 2. The predicted octanol–water partition coefficient (Wildman–Crippen LogP) is 2.81. The van der Waals surface area contributed by atoms with Crippen LogP contribution >= 0.6 is 15.9 Å². The fourth-order valence-corrected chi connectivity index (χ4v) is 1.67. The Kier molecular flexibility index (Phi) is 2.24. The average Bonchev–Trinajstić information content (AvgIpc) is 2.75. The lowest BCUT2D eigenvalue weighted by Crippen LogP contribution is -2.14. The zero-order chi connectivity index (χ0) is 10.3. The lowest BCUT2D eigenvalue weighted by Gasteiger charge is -1.98. The van der Waals surface area contributed by atoms with E-state index in [1.165, 1.54) is 0 Å². The Morgan fingerprint density at radius 3 is 2.29 bits per heavy atom. The Morgan fingerprint density at radius 1 is 1.36 bits per heavy atom. The maximum atomic E-state index is 11.8. The first-order valence-electron chi connectivity index (χ1n) is 4.48. The van der Waals surface area contributed by atoms with Crippen LogP contribution in [0.1, 0.15) is 24.2 Å². The second kappa shape index (κ2) is 3.17. The zero-order valence-corrected chi connectivity index (χ0v) is 9.67. The second-order valence-corrected chi connectivity index (χ2v) is 4.89. The normalized spacial score (nSPS) is 23.2. The van der Waals surface area contributed by atoms with Gasteiger partial charge in [0.15, 0.2) is 5.78 Å². The van der Waals surface area contributed by atoms with Crippen LogP contribution in [0.3, 0.4) is 0 Å². The van der Waals surface area contributed by atoms with Crippen molar-refractivity contribution < 1.29 is 9.53 Å².